The van der Waals surface area contributed by atoms with Gasteiger partial charge in [-0.25, -0.2) is 12.8 Å². The molecule has 0 saturated carbocycles. The SMILES string of the molecule is CC(C)CNC(=O)[C@H]1CSCN1S(=O)(=O)c1ccc(F)cc1. The van der Waals surface area contributed by atoms with Gasteiger partial charge in [-0.15, -0.1) is 11.8 Å². The van der Waals surface area contributed by atoms with Crippen LogP contribution in [0.3, 0.4) is 0 Å². The molecule has 1 aliphatic heterocycles. The molecule has 1 aliphatic rings. The fourth-order valence-corrected chi connectivity index (χ4v) is 5.18. The van der Waals surface area contributed by atoms with Crippen molar-refractivity contribution in [3.05, 3.63) is 30.1 Å². The number of halogens is 1. The van der Waals surface area contributed by atoms with Crippen molar-refractivity contribution >= 4 is 27.7 Å². The second kappa shape index (κ2) is 6.97. The van der Waals surface area contributed by atoms with Gasteiger partial charge in [-0.3, -0.25) is 4.79 Å². The molecule has 0 radical (unpaired) electrons. The Labute approximate surface area is 134 Å². The molecule has 122 valence electrons. The third-order valence-electron chi connectivity index (χ3n) is 3.25. The van der Waals surface area contributed by atoms with Crippen LogP contribution >= 0.6 is 11.8 Å². The topological polar surface area (TPSA) is 66.5 Å². The summed E-state index contributed by atoms with van der Waals surface area (Å²) in [6, 6.07) is 3.92. The van der Waals surface area contributed by atoms with Gasteiger partial charge in [0.2, 0.25) is 15.9 Å². The largest absolute Gasteiger partial charge is 0.354 e. The van der Waals surface area contributed by atoms with Crippen LogP contribution in [0, 0.1) is 11.7 Å². The summed E-state index contributed by atoms with van der Waals surface area (Å²) in [6.07, 6.45) is 0. The van der Waals surface area contributed by atoms with Crippen LogP contribution in [0.5, 0.6) is 0 Å². The normalized spacial score (nSPS) is 19.5. The van der Waals surface area contributed by atoms with Gasteiger partial charge >= 0.3 is 0 Å². The van der Waals surface area contributed by atoms with E-state index >= 15 is 0 Å². The minimum absolute atomic E-state index is 0.00180. The van der Waals surface area contributed by atoms with Gasteiger partial charge in [0, 0.05) is 12.3 Å². The van der Waals surface area contributed by atoms with E-state index in [2.05, 4.69) is 5.32 Å². The van der Waals surface area contributed by atoms with Crippen LogP contribution in [0.25, 0.3) is 0 Å². The molecule has 0 bridgehead atoms. The lowest BCUT2D eigenvalue weighted by molar-refractivity contribution is -0.123. The lowest BCUT2D eigenvalue weighted by Gasteiger charge is -2.23. The highest BCUT2D eigenvalue weighted by molar-refractivity contribution is 8.00. The number of amides is 1. The summed E-state index contributed by atoms with van der Waals surface area (Å²) in [5, 5.41) is 2.77. The van der Waals surface area contributed by atoms with Crippen molar-refractivity contribution in [2.75, 3.05) is 18.2 Å². The number of nitrogens with one attached hydrogen (secondary N) is 1. The summed E-state index contributed by atoms with van der Waals surface area (Å²) in [7, 11) is -3.80. The minimum Gasteiger partial charge on any atom is -0.354 e. The number of thioether (sulfide) groups is 1. The fourth-order valence-electron chi connectivity index (χ4n) is 2.04. The molecule has 1 aromatic carbocycles. The number of hydrogen-bond acceptors (Lipinski definition) is 4. The number of rotatable bonds is 5. The van der Waals surface area contributed by atoms with E-state index in [1.165, 1.54) is 28.2 Å². The Balaban J connectivity index is 2.18. The molecule has 8 heteroatoms. The average molecular weight is 346 g/mol. The summed E-state index contributed by atoms with van der Waals surface area (Å²) in [5.74, 6) is 0.148. The predicted octanol–water partition coefficient (Wildman–Crippen LogP) is 1.66. The zero-order valence-corrected chi connectivity index (χ0v) is 14.1. The predicted molar refractivity (Wildman–Crippen MR) is 84.4 cm³/mol. The van der Waals surface area contributed by atoms with E-state index < -0.39 is 21.9 Å². The van der Waals surface area contributed by atoms with Gasteiger partial charge in [0.15, 0.2) is 0 Å². The van der Waals surface area contributed by atoms with Gasteiger partial charge in [0.1, 0.15) is 11.9 Å². The van der Waals surface area contributed by atoms with Crippen molar-refractivity contribution in [3.63, 3.8) is 0 Å². The molecule has 1 aromatic rings. The maximum atomic E-state index is 13.0. The van der Waals surface area contributed by atoms with E-state index in [1.54, 1.807) is 0 Å². The Morgan fingerprint density at radius 3 is 2.64 bits per heavy atom. The van der Waals surface area contributed by atoms with Crippen LogP contribution in [0.15, 0.2) is 29.2 Å². The summed E-state index contributed by atoms with van der Waals surface area (Å²) >= 11 is 1.39. The van der Waals surface area contributed by atoms with Crippen molar-refractivity contribution in [2.24, 2.45) is 5.92 Å². The van der Waals surface area contributed by atoms with Gasteiger partial charge in [0.05, 0.1) is 10.8 Å². The highest BCUT2D eigenvalue weighted by Gasteiger charge is 2.39. The van der Waals surface area contributed by atoms with Gasteiger partial charge < -0.3 is 5.32 Å². The quantitative estimate of drug-likeness (QED) is 0.881. The fraction of sp³-hybridized carbons (Fsp3) is 0.500. The molecule has 1 atom stereocenters. The van der Waals surface area contributed by atoms with Crippen molar-refractivity contribution in [1.29, 1.82) is 0 Å². The van der Waals surface area contributed by atoms with Gasteiger partial charge in [-0.2, -0.15) is 4.31 Å². The van der Waals surface area contributed by atoms with Crippen LogP contribution in [0.1, 0.15) is 13.8 Å². The standard InChI is InChI=1S/C14H19FN2O3S2/c1-10(2)7-16-14(18)13-8-21-9-17(13)22(19,20)12-5-3-11(15)4-6-12/h3-6,10,13H,7-9H2,1-2H3,(H,16,18)/t13-/m1/s1. The maximum Gasteiger partial charge on any atom is 0.244 e. The van der Waals surface area contributed by atoms with Crippen molar-refractivity contribution in [1.82, 2.24) is 9.62 Å². The first-order valence-corrected chi connectivity index (χ1v) is 9.54. The molecule has 0 aliphatic carbocycles. The molecule has 1 N–H and O–H groups in total. The number of sulfonamides is 1. The van der Waals surface area contributed by atoms with Crippen molar-refractivity contribution in [2.45, 2.75) is 24.8 Å². The first-order valence-electron chi connectivity index (χ1n) is 6.95. The molecule has 5 nitrogen and oxygen atoms in total. The third-order valence-corrected chi connectivity index (χ3v) is 6.29. The van der Waals surface area contributed by atoms with Gasteiger partial charge in [0.25, 0.3) is 0 Å². The Morgan fingerprint density at radius 1 is 1.41 bits per heavy atom. The molecular formula is C14H19FN2O3S2. The van der Waals surface area contributed by atoms with E-state index in [0.29, 0.717) is 18.2 Å². The van der Waals surface area contributed by atoms with Crippen LogP contribution in [0.4, 0.5) is 4.39 Å². The van der Waals surface area contributed by atoms with Crippen molar-refractivity contribution < 1.29 is 17.6 Å². The zero-order valence-electron chi connectivity index (χ0n) is 12.5. The van der Waals surface area contributed by atoms with E-state index in [0.717, 1.165) is 12.1 Å². The van der Waals surface area contributed by atoms with E-state index in [9.17, 15) is 17.6 Å². The highest BCUT2D eigenvalue weighted by Crippen LogP contribution is 2.28. The Hall–Kier alpha value is -1.12. The minimum atomic E-state index is -3.80. The van der Waals surface area contributed by atoms with Crippen LogP contribution in [0.2, 0.25) is 0 Å². The third kappa shape index (κ3) is 3.80. The van der Waals surface area contributed by atoms with Crippen molar-refractivity contribution in [3.8, 4) is 0 Å². The van der Waals surface area contributed by atoms with Crippen LogP contribution in [-0.4, -0.2) is 42.8 Å². The second-order valence-corrected chi connectivity index (χ2v) is 8.39. The molecular weight excluding hydrogens is 327 g/mol. The molecule has 1 fully saturated rings. The average Bonchev–Trinajstić information content (AvgIpc) is 2.95. The molecule has 0 aromatic heterocycles. The molecule has 22 heavy (non-hydrogen) atoms. The number of benzene rings is 1. The first-order chi connectivity index (χ1) is 10.3. The number of carbonyl (C=O) groups is 1. The lowest BCUT2D eigenvalue weighted by atomic mass is 10.2. The molecule has 1 heterocycles. The Bertz CT molecular complexity index is 632. The monoisotopic (exact) mass is 346 g/mol. The Morgan fingerprint density at radius 2 is 2.05 bits per heavy atom. The molecule has 1 amide bonds. The summed E-state index contributed by atoms with van der Waals surface area (Å²) < 4.78 is 39.4. The number of hydrogen-bond donors (Lipinski definition) is 1. The zero-order chi connectivity index (χ0) is 16.3. The van der Waals surface area contributed by atoms with Crippen LogP contribution in [-0.2, 0) is 14.8 Å². The molecule has 0 spiro atoms. The number of nitrogens with zero attached hydrogens (tertiary/aromatic N) is 1. The number of carbonyl (C=O) groups excluding carboxylic acids is 1. The van der Waals surface area contributed by atoms with E-state index in [4.69, 9.17) is 0 Å². The van der Waals surface area contributed by atoms with Gasteiger partial charge in [-0.05, 0) is 30.2 Å². The maximum absolute atomic E-state index is 13.0. The summed E-state index contributed by atoms with van der Waals surface area (Å²) in [4.78, 5) is 12.2. The molecule has 0 unspecified atom stereocenters. The van der Waals surface area contributed by atoms with E-state index in [1.807, 2.05) is 13.8 Å². The summed E-state index contributed by atoms with van der Waals surface area (Å²) in [6.45, 7) is 4.44. The lowest BCUT2D eigenvalue weighted by Crippen LogP contribution is -2.47. The highest BCUT2D eigenvalue weighted by atomic mass is 32.2. The van der Waals surface area contributed by atoms with Crippen LogP contribution < -0.4 is 5.32 Å². The summed E-state index contributed by atoms with van der Waals surface area (Å²) in [5.41, 5.74) is 0. The molecule has 2 rings (SSSR count). The second-order valence-electron chi connectivity index (χ2n) is 5.50. The molecule has 1 saturated heterocycles. The smallest absolute Gasteiger partial charge is 0.244 e. The van der Waals surface area contributed by atoms with E-state index in [-0.39, 0.29) is 16.7 Å². The van der Waals surface area contributed by atoms with Gasteiger partial charge in [-0.1, -0.05) is 13.8 Å². The Kier molecular flexibility index (Phi) is 5.46. The first kappa shape index (κ1) is 17.2.